The fraction of sp³-hybridized carbons (Fsp3) is 0.429. The molecule has 1 amide bonds. The van der Waals surface area contributed by atoms with Crippen molar-refractivity contribution in [2.75, 3.05) is 7.05 Å². The molecule has 5 nitrogen and oxygen atoms in total. The van der Waals surface area contributed by atoms with Gasteiger partial charge in [-0.1, -0.05) is 28.9 Å². The highest BCUT2D eigenvalue weighted by atomic mass is 35.5. The van der Waals surface area contributed by atoms with Gasteiger partial charge < -0.3 is 15.8 Å². The van der Waals surface area contributed by atoms with Gasteiger partial charge in [0.15, 0.2) is 5.84 Å². The Kier molecular flexibility index (Phi) is 3.90. The van der Waals surface area contributed by atoms with E-state index in [1.165, 1.54) is 0 Å². The minimum absolute atomic E-state index is 0.00217. The fourth-order valence-electron chi connectivity index (χ4n) is 2.28. The molecule has 20 heavy (non-hydrogen) atoms. The number of oxime groups is 1. The van der Waals surface area contributed by atoms with Gasteiger partial charge in [0.05, 0.1) is 6.04 Å². The zero-order chi connectivity index (χ0) is 14.9. The van der Waals surface area contributed by atoms with Crippen LogP contribution in [0.1, 0.15) is 31.4 Å². The molecular formula is C14H18ClN3O2. The number of nitrogens with two attached hydrogens (primary N) is 1. The van der Waals surface area contributed by atoms with Gasteiger partial charge in [0.25, 0.3) is 0 Å². The van der Waals surface area contributed by atoms with E-state index in [4.69, 9.17) is 22.5 Å². The van der Waals surface area contributed by atoms with Gasteiger partial charge in [-0.2, -0.15) is 0 Å². The highest BCUT2D eigenvalue weighted by molar-refractivity contribution is 6.30. The van der Waals surface area contributed by atoms with E-state index in [1.807, 2.05) is 19.1 Å². The smallest absolute Gasteiger partial charge is 0.236 e. The van der Waals surface area contributed by atoms with Crippen molar-refractivity contribution in [3.05, 3.63) is 34.9 Å². The van der Waals surface area contributed by atoms with Crippen LogP contribution >= 0.6 is 11.6 Å². The predicted octanol–water partition coefficient (Wildman–Crippen LogP) is 2.39. The quantitative estimate of drug-likeness (QED) is 0.387. The summed E-state index contributed by atoms with van der Waals surface area (Å²) in [4.78, 5) is 14.2. The van der Waals surface area contributed by atoms with Crippen LogP contribution in [-0.4, -0.2) is 28.9 Å². The molecule has 1 aromatic carbocycles. The maximum Gasteiger partial charge on any atom is 0.236 e. The number of hydrogen-bond donors (Lipinski definition) is 2. The van der Waals surface area contributed by atoms with Crippen molar-refractivity contribution in [3.63, 3.8) is 0 Å². The summed E-state index contributed by atoms with van der Waals surface area (Å²) >= 11 is 5.86. The first-order valence-corrected chi connectivity index (χ1v) is 6.81. The van der Waals surface area contributed by atoms with E-state index in [2.05, 4.69) is 5.16 Å². The third kappa shape index (κ3) is 2.45. The first kappa shape index (κ1) is 14.7. The van der Waals surface area contributed by atoms with E-state index in [-0.39, 0.29) is 17.8 Å². The van der Waals surface area contributed by atoms with E-state index >= 15 is 0 Å². The Bertz CT molecular complexity index is 538. The highest BCUT2D eigenvalue weighted by Crippen LogP contribution is 2.48. The Hall–Kier alpha value is -1.75. The molecule has 1 aromatic rings. The number of carbonyl (C=O) groups is 1. The molecule has 3 N–H and O–H groups in total. The Labute approximate surface area is 123 Å². The van der Waals surface area contributed by atoms with Gasteiger partial charge in [0.1, 0.15) is 5.41 Å². The lowest BCUT2D eigenvalue weighted by molar-refractivity contribution is -0.135. The number of halogens is 1. The molecule has 6 heteroatoms. The molecule has 1 fully saturated rings. The largest absolute Gasteiger partial charge is 0.409 e. The van der Waals surface area contributed by atoms with Crippen molar-refractivity contribution in [3.8, 4) is 0 Å². The molecule has 0 aliphatic heterocycles. The number of nitrogens with zero attached hydrogens (tertiary/aromatic N) is 2. The van der Waals surface area contributed by atoms with Crippen LogP contribution in [0, 0.1) is 5.41 Å². The molecule has 1 aliphatic carbocycles. The molecule has 0 heterocycles. The summed E-state index contributed by atoms with van der Waals surface area (Å²) in [5, 5.41) is 12.5. The van der Waals surface area contributed by atoms with Crippen molar-refractivity contribution in [2.24, 2.45) is 16.3 Å². The minimum Gasteiger partial charge on any atom is -0.409 e. The van der Waals surface area contributed by atoms with Crippen LogP contribution in [-0.2, 0) is 4.79 Å². The van der Waals surface area contributed by atoms with E-state index in [1.54, 1.807) is 24.1 Å². The highest BCUT2D eigenvalue weighted by Gasteiger charge is 2.55. The zero-order valence-electron chi connectivity index (χ0n) is 11.5. The van der Waals surface area contributed by atoms with E-state index in [0.29, 0.717) is 17.9 Å². The second-order valence-corrected chi connectivity index (χ2v) is 5.65. The van der Waals surface area contributed by atoms with Crippen LogP contribution in [0.15, 0.2) is 29.4 Å². The van der Waals surface area contributed by atoms with E-state index in [9.17, 15) is 4.79 Å². The van der Waals surface area contributed by atoms with Gasteiger partial charge in [-0.25, -0.2) is 0 Å². The van der Waals surface area contributed by atoms with E-state index in [0.717, 1.165) is 5.56 Å². The molecule has 1 unspecified atom stereocenters. The number of carbonyl (C=O) groups excluding carboxylic acids is 1. The van der Waals surface area contributed by atoms with Crippen molar-refractivity contribution in [1.29, 1.82) is 0 Å². The minimum atomic E-state index is -0.815. The lowest BCUT2D eigenvalue weighted by Gasteiger charge is -2.29. The van der Waals surface area contributed by atoms with Crippen LogP contribution in [0.25, 0.3) is 0 Å². The van der Waals surface area contributed by atoms with Gasteiger partial charge in [-0.05, 0) is 37.5 Å². The average Bonchev–Trinajstić information content (AvgIpc) is 3.26. The van der Waals surface area contributed by atoms with E-state index < -0.39 is 5.41 Å². The third-order valence-corrected chi connectivity index (χ3v) is 4.26. The Morgan fingerprint density at radius 1 is 1.45 bits per heavy atom. The van der Waals surface area contributed by atoms with Crippen molar-refractivity contribution in [1.82, 2.24) is 4.90 Å². The van der Waals surface area contributed by atoms with Gasteiger partial charge >= 0.3 is 0 Å². The second kappa shape index (κ2) is 5.32. The summed E-state index contributed by atoms with van der Waals surface area (Å²) in [6.07, 6.45) is 1.25. The number of amides is 1. The van der Waals surface area contributed by atoms with Crippen LogP contribution in [0.2, 0.25) is 5.02 Å². The standard InChI is InChI=1S/C14H18ClN3O2/c1-9(10-3-5-11(15)6-4-10)18(2)13(19)14(7-8-14)12(16)17-20/h3-6,9,20H,7-8H2,1-2H3,(H2,16,17). The summed E-state index contributed by atoms with van der Waals surface area (Å²) in [7, 11) is 1.73. The van der Waals surface area contributed by atoms with Crippen LogP contribution in [0.3, 0.4) is 0 Å². The summed E-state index contributed by atoms with van der Waals surface area (Å²) in [5.74, 6) is -0.118. The molecule has 0 radical (unpaired) electrons. The number of hydrogen-bond acceptors (Lipinski definition) is 3. The molecular weight excluding hydrogens is 278 g/mol. The number of benzene rings is 1. The lowest BCUT2D eigenvalue weighted by Crippen LogP contribution is -2.42. The molecule has 0 saturated heterocycles. The first-order valence-electron chi connectivity index (χ1n) is 6.43. The maximum absolute atomic E-state index is 12.5. The van der Waals surface area contributed by atoms with Crippen molar-refractivity contribution < 1.29 is 10.0 Å². The van der Waals surface area contributed by atoms with Gasteiger partial charge in [0.2, 0.25) is 5.91 Å². The Balaban J connectivity index is 2.17. The fourth-order valence-corrected chi connectivity index (χ4v) is 2.40. The average molecular weight is 296 g/mol. The second-order valence-electron chi connectivity index (χ2n) is 5.21. The van der Waals surface area contributed by atoms with Crippen LogP contribution < -0.4 is 5.73 Å². The van der Waals surface area contributed by atoms with Crippen molar-refractivity contribution >= 4 is 23.3 Å². The number of rotatable bonds is 4. The molecule has 0 spiro atoms. The molecule has 1 aliphatic rings. The van der Waals surface area contributed by atoms with Crippen LogP contribution in [0.5, 0.6) is 0 Å². The molecule has 0 aromatic heterocycles. The predicted molar refractivity (Wildman–Crippen MR) is 77.7 cm³/mol. The Morgan fingerprint density at radius 3 is 2.45 bits per heavy atom. The third-order valence-electron chi connectivity index (χ3n) is 4.01. The van der Waals surface area contributed by atoms with Crippen molar-refractivity contribution in [2.45, 2.75) is 25.8 Å². The molecule has 1 saturated carbocycles. The summed E-state index contributed by atoms with van der Waals surface area (Å²) in [6, 6.07) is 7.26. The molecule has 2 rings (SSSR count). The summed E-state index contributed by atoms with van der Waals surface area (Å²) in [5.41, 5.74) is 5.82. The molecule has 1 atom stereocenters. The monoisotopic (exact) mass is 295 g/mol. The molecule has 0 bridgehead atoms. The van der Waals surface area contributed by atoms with Gasteiger partial charge in [-0.3, -0.25) is 4.79 Å². The van der Waals surface area contributed by atoms with Gasteiger partial charge in [0, 0.05) is 12.1 Å². The maximum atomic E-state index is 12.5. The topological polar surface area (TPSA) is 78.9 Å². The zero-order valence-corrected chi connectivity index (χ0v) is 12.3. The summed E-state index contributed by atoms with van der Waals surface area (Å²) < 4.78 is 0. The number of amidine groups is 1. The normalized spacial score (nSPS) is 18.4. The van der Waals surface area contributed by atoms with Crippen LogP contribution in [0.4, 0.5) is 0 Å². The van der Waals surface area contributed by atoms with Gasteiger partial charge in [-0.15, -0.1) is 0 Å². The summed E-state index contributed by atoms with van der Waals surface area (Å²) in [6.45, 7) is 1.93. The molecule has 108 valence electrons. The Morgan fingerprint density at radius 2 is 2.00 bits per heavy atom. The SMILES string of the molecule is CC(c1ccc(Cl)cc1)N(C)C(=O)C1(/C(N)=N/O)CC1. The first-order chi connectivity index (χ1) is 9.42. The lowest BCUT2D eigenvalue weighted by atomic mass is 10.0.